The molecule has 1 aromatic heterocycles. The Kier molecular flexibility index (Phi) is 7.47. The highest BCUT2D eigenvalue weighted by molar-refractivity contribution is 7.09. The lowest BCUT2D eigenvalue weighted by molar-refractivity contribution is -0.120. The van der Waals surface area contributed by atoms with Gasteiger partial charge in [-0.25, -0.2) is 0 Å². The zero-order chi connectivity index (χ0) is 9.52. The van der Waals surface area contributed by atoms with Gasteiger partial charge in [0, 0.05) is 4.88 Å². The van der Waals surface area contributed by atoms with Gasteiger partial charge in [-0.15, -0.1) is 23.7 Å². The molecule has 0 unspecified atom stereocenters. The van der Waals surface area contributed by atoms with Gasteiger partial charge in [-0.05, 0) is 18.0 Å². The van der Waals surface area contributed by atoms with Crippen molar-refractivity contribution < 1.29 is 4.79 Å². The van der Waals surface area contributed by atoms with Gasteiger partial charge in [0.05, 0.1) is 13.1 Å². The highest BCUT2D eigenvalue weighted by atomic mass is 35.5. The number of hydrogen-bond acceptors (Lipinski definition) is 3. The lowest BCUT2D eigenvalue weighted by Crippen LogP contribution is -2.33. The van der Waals surface area contributed by atoms with E-state index in [1.54, 1.807) is 11.3 Å². The third-order valence-corrected chi connectivity index (χ3v) is 2.45. The molecule has 0 aliphatic carbocycles. The monoisotopic (exact) mass is 234 g/mol. The summed E-state index contributed by atoms with van der Waals surface area (Å²) in [6.07, 6.45) is 0. The molecule has 0 bridgehead atoms. The van der Waals surface area contributed by atoms with Gasteiger partial charge >= 0.3 is 0 Å². The summed E-state index contributed by atoms with van der Waals surface area (Å²) < 4.78 is 0. The number of amides is 1. The first-order valence-corrected chi connectivity index (χ1v) is 5.20. The first-order chi connectivity index (χ1) is 6.33. The van der Waals surface area contributed by atoms with Gasteiger partial charge in [0.25, 0.3) is 0 Å². The van der Waals surface area contributed by atoms with E-state index in [-0.39, 0.29) is 18.3 Å². The number of hydrogen-bond donors (Lipinski definition) is 2. The van der Waals surface area contributed by atoms with E-state index in [9.17, 15) is 4.79 Å². The standard InChI is InChI=1S/C9H14N2OS.ClH/c1-2-10-7-9(12)11-6-8-4-3-5-13-8;/h3-5,10H,2,6-7H2,1H3,(H,11,12);1H. The van der Waals surface area contributed by atoms with Crippen molar-refractivity contribution in [3.05, 3.63) is 22.4 Å². The van der Waals surface area contributed by atoms with Crippen LogP contribution in [0.5, 0.6) is 0 Å². The lowest BCUT2D eigenvalue weighted by Gasteiger charge is -2.03. The summed E-state index contributed by atoms with van der Waals surface area (Å²) in [6.45, 7) is 3.85. The van der Waals surface area contributed by atoms with Gasteiger partial charge < -0.3 is 10.6 Å². The average Bonchev–Trinajstić information content (AvgIpc) is 2.64. The summed E-state index contributed by atoms with van der Waals surface area (Å²) >= 11 is 1.65. The van der Waals surface area contributed by atoms with E-state index in [2.05, 4.69) is 10.6 Å². The van der Waals surface area contributed by atoms with Crippen LogP contribution in [0.25, 0.3) is 0 Å². The maximum absolute atomic E-state index is 11.1. The molecule has 1 rings (SSSR count). The van der Waals surface area contributed by atoms with Gasteiger partial charge in [-0.3, -0.25) is 4.79 Å². The van der Waals surface area contributed by atoms with Crippen molar-refractivity contribution in [2.24, 2.45) is 0 Å². The molecule has 0 fully saturated rings. The van der Waals surface area contributed by atoms with E-state index in [1.165, 1.54) is 4.88 Å². The first-order valence-electron chi connectivity index (χ1n) is 4.32. The minimum absolute atomic E-state index is 0. The molecule has 0 atom stereocenters. The lowest BCUT2D eigenvalue weighted by atomic mass is 10.4. The minimum Gasteiger partial charge on any atom is -0.350 e. The molecule has 1 aromatic rings. The SMILES string of the molecule is CCNCC(=O)NCc1cccs1.Cl. The predicted octanol–water partition coefficient (Wildman–Crippen LogP) is 1.40. The van der Waals surface area contributed by atoms with Gasteiger partial charge in [-0.2, -0.15) is 0 Å². The summed E-state index contributed by atoms with van der Waals surface area (Å²) in [5.41, 5.74) is 0. The van der Waals surface area contributed by atoms with Crippen LogP contribution in [-0.2, 0) is 11.3 Å². The van der Waals surface area contributed by atoms with Gasteiger partial charge in [0.1, 0.15) is 0 Å². The van der Waals surface area contributed by atoms with E-state index in [4.69, 9.17) is 0 Å². The summed E-state index contributed by atoms with van der Waals surface area (Å²) in [5, 5.41) is 7.80. The van der Waals surface area contributed by atoms with Crippen LogP contribution in [0.2, 0.25) is 0 Å². The van der Waals surface area contributed by atoms with Crippen molar-refractivity contribution in [1.29, 1.82) is 0 Å². The normalized spacial score (nSPS) is 9.21. The molecular formula is C9H15ClN2OS. The maximum Gasteiger partial charge on any atom is 0.234 e. The number of carbonyl (C=O) groups is 1. The van der Waals surface area contributed by atoms with Crippen molar-refractivity contribution >= 4 is 29.7 Å². The molecule has 3 nitrogen and oxygen atoms in total. The van der Waals surface area contributed by atoms with Crippen molar-refractivity contribution in [1.82, 2.24) is 10.6 Å². The first kappa shape index (κ1) is 13.4. The Morgan fingerprint density at radius 3 is 2.93 bits per heavy atom. The van der Waals surface area contributed by atoms with Gasteiger partial charge in [0.15, 0.2) is 0 Å². The highest BCUT2D eigenvalue weighted by Gasteiger charge is 1.99. The quantitative estimate of drug-likeness (QED) is 0.809. The van der Waals surface area contributed by atoms with Gasteiger partial charge in [-0.1, -0.05) is 13.0 Å². The molecule has 5 heteroatoms. The summed E-state index contributed by atoms with van der Waals surface area (Å²) in [6, 6.07) is 3.99. The smallest absolute Gasteiger partial charge is 0.234 e. The summed E-state index contributed by atoms with van der Waals surface area (Å²) in [4.78, 5) is 12.3. The number of nitrogens with one attached hydrogen (secondary N) is 2. The Morgan fingerprint density at radius 1 is 1.57 bits per heavy atom. The highest BCUT2D eigenvalue weighted by Crippen LogP contribution is 2.06. The molecule has 0 radical (unpaired) electrons. The molecule has 0 saturated carbocycles. The molecule has 0 saturated heterocycles. The molecule has 0 aliphatic rings. The molecule has 80 valence electrons. The van der Waals surface area contributed by atoms with E-state index < -0.39 is 0 Å². The maximum atomic E-state index is 11.1. The predicted molar refractivity (Wildman–Crippen MR) is 62.0 cm³/mol. The molecule has 1 amide bonds. The fraction of sp³-hybridized carbons (Fsp3) is 0.444. The van der Waals surface area contributed by atoms with E-state index in [0.29, 0.717) is 13.1 Å². The molecule has 0 aromatic carbocycles. The van der Waals surface area contributed by atoms with Crippen molar-refractivity contribution in [2.45, 2.75) is 13.5 Å². The van der Waals surface area contributed by atoms with Crippen LogP contribution < -0.4 is 10.6 Å². The number of thiophene rings is 1. The molecule has 14 heavy (non-hydrogen) atoms. The molecular weight excluding hydrogens is 220 g/mol. The van der Waals surface area contributed by atoms with Crippen LogP contribution in [0.1, 0.15) is 11.8 Å². The Labute approximate surface area is 94.3 Å². The second kappa shape index (κ2) is 7.79. The molecule has 2 N–H and O–H groups in total. The average molecular weight is 235 g/mol. The zero-order valence-corrected chi connectivity index (χ0v) is 9.71. The van der Waals surface area contributed by atoms with Crippen LogP contribution in [0.4, 0.5) is 0 Å². The minimum atomic E-state index is 0. The second-order valence-corrected chi connectivity index (χ2v) is 3.67. The Hall–Kier alpha value is -0.580. The Morgan fingerprint density at radius 2 is 2.36 bits per heavy atom. The Balaban J connectivity index is 0.00000169. The van der Waals surface area contributed by atoms with E-state index in [0.717, 1.165) is 6.54 Å². The fourth-order valence-corrected chi connectivity index (χ4v) is 1.54. The number of likely N-dealkylation sites (N-methyl/N-ethyl adjacent to an activating group) is 1. The third kappa shape index (κ3) is 5.21. The van der Waals surface area contributed by atoms with E-state index >= 15 is 0 Å². The topological polar surface area (TPSA) is 41.1 Å². The molecule has 1 heterocycles. The Bertz CT molecular complexity index is 251. The number of carbonyl (C=O) groups excluding carboxylic acids is 1. The number of rotatable bonds is 5. The van der Waals surface area contributed by atoms with Gasteiger partial charge in [0.2, 0.25) is 5.91 Å². The van der Waals surface area contributed by atoms with Crippen LogP contribution in [0.15, 0.2) is 17.5 Å². The van der Waals surface area contributed by atoms with Crippen LogP contribution in [0, 0.1) is 0 Å². The van der Waals surface area contributed by atoms with Crippen molar-refractivity contribution in [2.75, 3.05) is 13.1 Å². The van der Waals surface area contributed by atoms with Crippen LogP contribution in [-0.4, -0.2) is 19.0 Å². The zero-order valence-electron chi connectivity index (χ0n) is 8.08. The summed E-state index contributed by atoms with van der Waals surface area (Å²) in [7, 11) is 0. The fourth-order valence-electron chi connectivity index (χ4n) is 0.900. The molecule has 0 spiro atoms. The summed E-state index contributed by atoms with van der Waals surface area (Å²) in [5.74, 6) is 0.0512. The van der Waals surface area contributed by atoms with Crippen molar-refractivity contribution in [3.8, 4) is 0 Å². The van der Waals surface area contributed by atoms with Crippen LogP contribution >= 0.6 is 23.7 Å². The van der Waals surface area contributed by atoms with E-state index in [1.807, 2.05) is 24.4 Å². The third-order valence-electron chi connectivity index (χ3n) is 1.58. The van der Waals surface area contributed by atoms with Crippen LogP contribution in [0.3, 0.4) is 0 Å². The number of halogens is 1. The largest absolute Gasteiger partial charge is 0.350 e. The second-order valence-electron chi connectivity index (χ2n) is 2.64. The molecule has 0 aliphatic heterocycles. The van der Waals surface area contributed by atoms with Crippen molar-refractivity contribution in [3.63, 3.8) is 0 Å².